The van der Waals surface area contributed by atoms with Crippen LogP contribution >= 0.6 is 23.6 Å². The van der Waals surface area contributed by atoms with Gasteiger partial charge in [0.1, 0.15) is 5.01 Å². The highest BCUT2D eigenvalue weighted by molar-refractivity contribution is 7.71. The van der Waals surface area contributed by atoms with Gasteiger partial charge in [0.2, 0.25) is 0 Å². The number of nitriles is 1. The van der Waals surface area contributed by atoms with Gasteiger partial charge in [-0.05, 0) is 43.8 Å². The van der Waals surface area contributed by atoms with Crippen molar-refractivity contribution >= 4 is 34.6 Å². The third-order valence-corrected chi connectivity index (χ3v) is 5.12. The van der Waals surface area contributed by atoms with Gasteiger partial charge in [-0.25, -0.2) is 4.98 Å². The van der Waals surface area contributed by atoms with Crippen molar-refractivity contribution in [2.24, 2.45) is 0 Å². The Morgan fingerprint density at radius 1 is 1.52 bits per heavy atom. The van der Waals surface area contributed by atoms with E-state index in [2.05, 4.69) is 29.9 Å². The Labute approximate surface area is 131 Å². The van der Waals surface area contributed by atoms with Crippen molar-refractivity contribution in [3.63, 3.8) is 0 Å². The minimum Gasteiger partial charge on any atom is -0.331 e. The number of aromatic nitrogens is 3. The fourth-order valence-corrected chi connectivity index (χ4v) is 3.63. The molecule has 0 fully saturated rings. The summed E-state index contributed by atoms with van der Waals surface area (Å²) in [5.41, 5.74) is 2.52. The molecular weight excluding hydrogens is 300 g/mol. The topological polar surface area (TPSA) is 57.4 Å². The second-order valence-corrected chi connectivity index (χ2v) is 6.37. The van der Waals surface area contributed by atoms with Crippen molar-refractivity contribution in [2.75, 3.05) is 0 Å². The van der Waals surface area contributed by atoms with Gasteiger partial charge in [-0.1, -0.05) is 6.92 Å². The fourth-order valence-electron chi connectivity index (χ4n) is 2.37. The molecule has 106 valence electrons. The van der Waals surface area contributed by atoms with E-state index in [1.54, 1.807) is 17.4 Å². The van der Waals surface area contributed by atoms with Crippen LogP contribution in [-0.4, -0.2) is 14.5 Å². The zero-order chi connectivity index (χ0) is 15.0. The summed E-state index contributed by atoms with van der Waals surface area (Å²) in [6, 6.07) is 7.78. The van der Waals surface area contributed by atoms with E-state index in [-0.39, 0.29) is 6.04 Å². The van der Waals surface area contributed by atoms with Crippen LogP contribution in [0, 0.1) is 16.1 Å². The Balaban J connectivity index is 2.16. The average Bonchev–Trinajstić information content (AvgIpc) is 3.09. The zero-order valence-corrected chi connectivity index (χ0v) is 13.4. The number of nitrogens with zero attached hydrogens (tertiary/aromatic N) is 3. The van der Waals surface area contributed by atoms with E-state index in [4.69, 9.17) is 17.5 Å². The Hall–Kier alpha value is -1.97. The number of fused-ring (bicyclic) bond motifs is 1. The monoisotopic (exact) mass is 314 g/mol. The van der Waals surface area contributed by atoms with Crippen LogP contribution in [0.1, 0.15) is 35.3 Å². The molecule has 21 heavy (non-hydrogen) atoms. The van der Waals surface area contributed by atoms with Crippen LogP contribution in [0.4, 0.5) is 0 Å². The highest BCUT2D eigenvalue weighted by Gasteiger charge is 2.16. The standard InChI is InChI=1S/C15H14N4S2/c1-3-11-8-17-14(21-11)9(2)19-13-6-10(7-16)4-5-12(13)18-15(19)20/h4-6,8-9H,3H2,1-2H3,(H,18,20). The van der Waals surface area contributed by atoms with Crippen molar-refractivity contribution in [1.82, 2.24) is 14.5 Å². The summed E-state index contributed by atoms with van der Waals surface area (Å²) in [5, 5.41) is 10.1. The van der Waals surface area contributed by atoms with E-state index in [1.165, 1.54) is 4.88 Å². The molecular formula is C15H14N4S2. The maximum absolute atomic E-state index is 9.08. The second kappa shape index (κ2) is 5.43. The zero-order valence-electron chi connectivity index (χ0n) is 11.8. The molecule has 0 spiro atoms. The van der Waals surface area contributed by atoms with Crippen molar-refractivity contribution in [2.45, 2.75) is 26.3 Å². The highest BCUT2D eigenvalue weighted by atomic mass is 32.1. The molecule has 0 amide bonds. The molecule has 1 N–H and O–H groups in total. The molecule has 0 aliphatic carbocycles. The first-order valence-corrected chi connectivity index (χ1v) is 7.95. The number of benzene rings is 1. The molecule has 0 radical (unpaired) electrons. The maximum atomic E-state index is 9.08. The predicted octanol–water partition coefficient (Wildman–Crippen LogP) is 4.20. The lowest BCUT2D eigenvalue weighted by molar-refractivity contribution is 0.644. The van der Waals surface area contributed by atoms with E-state index in [0.29, 0.717) is 10.3 Å². The Morgan fingerprint density at radius 3 is 3.00 bits per heavy atom. The smallest absolute Gasteiger partial charge is 0.178 e. The number of nitrogens with one attached hydrogen (secondary N) is 1. The minimum atomic E-state index is 0.0468. The maximum Gasteiger partial charge on any atom is 0.178 e. The largest absolute Gasteiger partial charge is 0.331 e. The summed E-state index contributed by atoms with van der Waals surface area (Å²) in [7, 11) is 0. The van der Waals surface area contributed by atoms with Crippen LogP contribution in [0.3, 0.4) is 0 Å². The van der Waals surface area contributed by atoms with E-state index >= 15 is 0 Å². The molecule has 2 heterocycles. The van der Waals surface area contributed by atoms with Gasteiger partial charge in [0.15, 0.2) is 4.77 Å². The molecule has 3 rings (SSSR count). The van der Waals surface area contributed by atoms with E-state index < -0.39 is 0 Å². The Kier molecular flexibility index (Phi) is 3.62. The normalized spacial score (nSPS) is 12.4. The number of thiazole rings is 1. The first kappa shape index (κ1) is 14.0. The molecule has 0 saturated carbocycles. The van der Waals surface area contributed by atoms with E-state index in [9.17, 15) is 0 Å². The summed E-state index contributed by atoms with van der Waals surface area (Å²) >= 11 is 7.15. The molecule has 6 heteroatoms. The van der Waals surface area contributed by atoms with Crippen LogP contribution in [0.25, 0.3) is 11.0 Å². The number of imidazole rings is 1. The lowest BCUT2D eigenvalue weighted by Gasteiger charge is -2.11. The van der Waals surface area contributed by atoms with Crippen molar-refractivity contribution in [3.8, 4) is 6.07 Å². The Morgan fingerprint density at radius 2 is 2.33 bits per heavy atom. The first-order valence-electron chi connectivity index (χ1n) is 6.73. The summed E-state index contributed by atoms with van der Waals surface area (Å²) < 4.78 is 2.69. The number of hydrogen-bond donors (Lipinski definition) is 1. The average molecular weight is 314 g/mol. The van der Waals surface area contributed by atoms with Crippen LogP contribution in [-0.2, 0) is 6.42 Å². The summed E-state index contributed by atoms with van der Waals surface area (Å²) in [6.45, 7) is 4.21. The summed E-state index contributed by atoms with van der Waals surface area (Å²) in [6.07, 6.45) is 2.91. The number of hydrogen-bond acceptors (Lipinski definition) is 4. The minimum absolute atomic E-state index is 0.0468. The second-order valence-electron chi connectivity index (χ2n) is 4.84. The molecule has 0 bridgehead atoms. The Bertz CT molecular complexity index is 894. The van der Waals surface area contributed by atoms with Crippen molar-refractivity contribution in [3.05, 3.63) is 44.6 Å². The lowest BCUT2D eigenvalue weighted by atomic mass is 10.2. The van der Waals surface area contributed by atoms with Gasteiger partial charge >= 0.3 is 0 Å². The molecule has 0 aliphatic rings. The molecule has 0 aliphatic heterocycles. The van der Waals surface area contributed by atoms with Gasteiger partial charge in [0, 0.05) is 11.1 Å². The van der Waals surface area contributed by atoms with Gasteiger partial charge < -0.3 is 9.55 Å². The summed E-state index contributed by atoms with van der Waals surface area (Å²) in [5.74, 6) is 0. The van der Waals surface area contributed by atoms with Gasteiger partial charge in [0.05, 0.1) is 28.7 Å². The quantitative estimate of drug-likeness (QED) is 0.737. The van der Waals surface area contributed by atoms with E-state index in [0.717, 1.165) is 22.5 Å². The third-order valence-electron chi connectivity index (χ3n) is 3.51. The third kappa shape index (κ3) is 2.39. The molecule has 3 aromatic rings. The molecule has 4 nitrogen and oxygen atoms in total. The van der Waals surface area contributed by atoms with Crippen LogP contribution in [0.2, 0.25) is 0 Å². The molecule has 0 saturated heterocycles. The lowest BCUT2D eigenvalue weighted by Crippen LogP contribution is -2.06. The molecule has 1 aromatic carbocycles. The molecule has 1 unspecified atom stereocenters. The van der Waals surface area contributed by atoms with Crippen molar-refractivity contribution < 1.29 is 0 Å². The number of H-pyrrole nitrogens is 1. The summed E-state index contributed by atoms with van der Waals surface area (Å²) in [4.78, 5) is 8.97. The van der Waals surface area contributed by atoms with Crippen LogP contribution in [0.15, 0.2) is 24.4 Å². The number of aromatic amines is 1. The van der Waals surface area contributed by atoms with Crippen LogP contribution in [0.5, 0.6) is 0 Å². The molecule has 2 aromatic heterocycles. The first-order chi connectivity index (χ1) is 10.1. The molecule has 1 atom stereocenters. The van der Waals surface area contributed by atoms with Crippen LogP contribution < -0.4 is 0 Å². The predicted molar refractivity (Wildman–Crippen MR) is 87.1 cm³/mol. The number of aryl methyl sites for hydroxylation is 1. The fraction of sp³-hybridized carbons (Fsp3) is 0.267. The van der Waals surface area contributed by atoms with Crippen molar-refractivity contribution in [1.29, 1.82) is 5.26 Å². The van der Waals surface area contributed by atoms with Gasteiger partial charge in [-0.3, -0.25) is 0 Å². The van der Waals surface area contributed by atoms with Gasteiger partial charge in [-0.15, -0.1) is 11.3 Å². The SMILES string of the molecule is CCc1cnc(C(C)n2c(=S)[nH]c3ccc(C#N)cc32)s1. The highest BCUT2D eigenvalue weighted by Crippen LogP contribution is 2.28. The number of rotatable bonds is 3. The van der Waals surface area contributed by atoms with E-state index in [1.807, 2.05) is 22.9 Å². The van der Waals surface area contributed by atoms with Gasteiger partial charge in [-0.2, -0.15) is 5.26 Å². The van der Waals surface area contributed by atoms with Gasteiger partial charge in [0.25, 0.3) is 0 Å².